The zero-order chi connectivity index (χ0) is 15.4. The van der Waals surface area contributed by atoms with Crippen LogP contribution in [-0.4, -0.2) is 14.2 Å². The van der Waals surface area contributed by atoms with Gasteiger partial charge in [-0.15, -0.1) is 0 Å². The van der Waals surface area contributed by atoms with Crippen molar-refractivity contribution in [2.45, 2.75) is 13.0 Å². The lowest BCUT2D eigenvalue weighted by molar-refractivity contribution is 0.397. The van der Waals surface area contributed by atoms with E-state index in [0.717, 1.165) is 11.6 Å². The summed E-state index contributed by atoms with van der Waals surface area (Å²) in [5.41, 5.74) is 0.896. The molecule has 3 nitrogen and oxygen atoms in total. The van der Waals surface area contributed by atoms with E-state index in [2.05, 4.69) is 5.32 Å². The van der Waals surface area contributed by atoms with Crippen molar-refractivity contribution in [2.75, 3.05) is 19.5 Å². The van der Waals surface area contributed by atoms with Crippen LogP contribution in [0.5, 0.6) is 11.5 Å². The summed E-state index contributed by atoms with van der Waals surface area (Å²) >= 11 is 0. The number of halogens is 2. The summed E-state index contributed by atoms with van der Waals surface area (Å²) < 4.78 is 37.4. The predicted molar refractivity (Wildman–Crippen MR) is 77.9 cm³/mol. The highest BCUT2D eigenvalue weighted by atomic mass is 19.2. The summed E-state index contributed by atoms with van der Waals surface area (Å²) in [4.78, 5) is 0. The van der Waals surface area contributed by atoms with Crippen molar-refractivity contribution in [2.24, 2.45) is 0 Å². The Morgan fingerprint density at radius 1 is 1.05 bits per heavy atom. The molecule has 0 aliphatic rings. The number of anilines is 1. The molecule has 1 N–H and O–H groups in total. The lowest BCUT2D eigenvalue weighted by atomic mass is 10.1. The highest BCUT2D eigenvalue weighted by Gasteiger charge is 2.15. The Labute approximate surface area is 122 Å². The molecule has 5 heteroatoms. The van der Waals surface area contributed by atoms with E-state index in [-0.39, 0.29) is 11.7 Å². The molecule has 1 unspecified atom stereocenters. The fourth-order valence-corrected chi connectivity index (χ4v) is 2.10. The minimum atomic E-state index is -0.897. The van der Waals surface area contributed by atoms with Crippen molar-refractivity contribution in [3.8, 4) is 11.5 Å². The number of hydrogen-bond donors (Lipinski definition) is 1. The Morgan fingerprint density at radius 2 is 1.81 bits per heavy atom. The second kappa shape index (κ2) is 6.43. The molecule has 21 heavy (non-hydrogen) atoms. The number of nitrogens with one attached hydrogen (secondary N) is 1. The molecule has 0 aliphatic heterocycles. The third kappa shape index (κ3) is 3.24. The van der Waals surface area contributed by atoms with Crippen molar-refractivity contribution < 1.29 is 18.3 Å². The Kier molecular flexibility index (Phi) is 4.62. The first-order chi connectivity index (χ1) is 10.1. The van der Waals surface area contributed by atoms with Crippen LogP contribution < -0.4 is 14.8 Å². The molecule has 2 aromatic carbocycles. The lowest BCUT2D eigenvalue weighted by Crippen LogP contribution is -2.10. The third-order valence-electron chi connectivity index (χ3n) is 3.23. The molecule has 2 aromatic rings. The summed E-state index contributed by atoms with van der Waals surface area (Å²) in [7, 11) is 3.12. The topological polar surface area (TPSA) is 30.5 Å². The van der Waals surface area contributed by atoms with Crippen LogP contribution in [0.4, 0.5) is 14.5 Å². The summed E-state index contributed by atoms with van der Waals surface area (Å²) in [6, 6.07) is 9.08. The van der Waals surface area contributed by atoms with Crippen LogP contribution >= 0.6 is 0 Å². The number of benzene rings is 2. The van der Waals surface area contributed by atoms with Crippen LogP contribution in [0.3, 0.4) is 0 Å². The van der Waals surface area contributed by atoms with E-state index in [1.165, 1.54) is 12.1 Å². The van der Waals surface area contributed by atoms with Gasteiger partial charge in [-0.3, -0.25) is 0 Å². The van der Waals surface area contributed by atoms with Gasteiger partial charge in [0.15, 0.2) is 11.6 Å². The van der Waals surface area contributed by atoms with Crippen LogP contribution in [0.15, 0.2) is 36.4 Å². The molecule has 0 amide bonds. The average molecular weight is 293 g/mol. The van der Waals surface area contributed by atoms with Crippen molar-refractivity contribution >= 4 is 5.69 Å². The molecule has 2 rings (SSSR count). The predicted octanol–water partition coefficient (Wildman–Crippen LogP) is 4.16. The van der Waals surface area contributed by atoms with E-state index < -0.39 is 11.6 Å². The first kappa shape index (κ1) is 15.1. The minimum Gasteiger partial charge on any atom is -0.497 e. The highest BCUT2D eigenvalue weighted by molar-refractivity contribution is 5.50. The Hall–Kier alpha value is -2.30. The zero-order valence-corrected chi connectivity index (χ0v) is 12.1. The van der Waals surface area contributed by atoms with Gasteiger partial charge in [0.05, 0.1) is 25.9 Å². The van der Waals surface area contributed by atoms with Gasteiger partial charge < -0.3 is 14.8 Å². The van der Waals surface area contributed by atoms with Gasteiger partial charge in [0.25, 0.3) is 0 Å². The molecule has 112 valence electrons. The van der Waals surface area contributed by atoms with Crippen LogP contribution in [0.25, 0.3) is 0 Å². The van der Waals surface area contributed by atoms with Gasteiger partial charge in [-0.2, -0.15) is 0 Å². The fraction of sp³-hybridized carbons (Fsp3) is 0.250. The number of hydrogen-bond acceptors (Lipinski definition) is 3. The minimum absolute atomic E-state index is 0.104. The van der Waals surface area contributed by atoms with E-state index in [1.54, 1.807) is 32.4 Å². The molecular formula is C16H17F2NO2. The summed E-state index contributed by atoms with van der Waals surface area (Å²) in [6.45, 7) is 1.83. The van der Waals surface area contributed by atoms with Crippen molar-refractivity contribution in [3.05, 3.63) is 53.6 Å². The van der Waals surface area contributed by atoms with Gasteiger partial charge in [0.1, 0.15) is 11.5 Å². The third-order valence-corrected chi connectivity index (χ3v) is 3.23. The standard InChI is InChI=1S/C16H17F2NO2/c1-10(19-14-6-4-5-13(17)16(14)18)12-9-11(20-2)7-8-15(12)21-3/h4-10,19H,1-3H3. The van der Waals surface area contributed by atoms with Gasteiger partial charge in [0, 0.05) is 5.56 Å². The molecule has 0 heterocycles. The van der Waals surface area contributed by atoms with Gasteiger partial charge in [-0.05, 0) is 37.3 Å². The molecule has 0 aliphatic carbocycles. The molecule has 1 atom stereocenters. The first-order valence-electron chi connectivity index (χ1n) is 6.49. The number of rotatable bonds is 5. The number of ether oxygens (including phenoxy) is 2. The van der Waals surface area contributed by atoms with Gasteiger partial charge >= 0.3 is 0 Å². The quantitative estimate of drug-likeness (QED) is 0.898. The van der Waals surface area contributed by atoms with E-state index >= 15 is 0 Å². The smallest absolute Gasteiger partial charge is 0.181 e. The van der Waals surface area contributed by atoms with Gasteiger partial charge in [-0.1, -0.05) is 6.07 Å². The normalized spacial score (nSPS) is 11.9. The first-order valence-corrected chi connectivity index (χ1v) is 6.49. The van der Waals surface area contributed by atoms with E-state index in [9.17, 15) is 8.78 Å². The van der Waals surface area contributed by atoms with Crippen molar-refractivity contribution in [1.82, 2.24) is 0 Å². The van der Waals surface area contributed by atoms with Crippen LogP contribution in [-0.2, 0) is 0 Å². The maximum Gasteiger partial charge on any atom is 0.181 e. The van der Waals surface area contributed by atoms with Gasteiger partial charge in [-0.25, -0.2) is 8.78 Å². The second-order valence-corrected chi connectivity index (χ2v) is 4.58. The summed E-state index contributed by atoms with van der Waals surface area (Å²) in [5.74, 6) is -0.470. The second-order valence-electron chi connectivity index (χ2n) is 4.58. The Bertz CT molecular complexity index is 632. The average Bonchev–Trinajstić information content (AvgIpc) is 2.51. The molecule has 0 fully saturated rings. The summed E-state index contributed by atoms with van der Waals surface area (Å²) in [5, 5.41) is 2.94. The zero-order valence-electron chi connectivity index (χ0n) is 12.1. The molecule has 0 aromatic heterocycles. The molecule has 0 spiro atoms. The Morgan fingerprint density at radius 3 is 2.48 bits per heavy atom. The van der Waals surface area contributed by atoms with Crippen molar-refractivity contribution in [1.29, 1.82) is 0 Å². The van der Waals surface area contributed by atoms with Gasteiger partial charge in [0.2, 0.25) is 0 Å². The SMILES string of the molecule is COc1ccc(OC)c(C(C)Nc2cccc(F)c2F)c1. The molecule has 0 saturated carbocycles. The van der Waals surface area contributed by atoms with E-state index in [1.807, 2.05) is 6.92 Å². The highest BCUT2D eigenvalue weighted by Crippen LogP contribution is 2.32. The van der Waals surface area contributed by atoms with Crippen LogP contribution in [0, 0.1) is 11.6 Å². The molecule has 0 bridgehead atoms. The fourth-order valence-electron chi connectivity index (χ4n) is 2.10. The lowest BCUT2D eigenvalue weighted by Gasteiger charge is -2.19. The van der Waals surface area contributed by atoms with E-state index in [0.29, 0.717) is 11.5 Å². The number of methoxy groups -OCH3 is 2. The maximum atomic E-state index is 13.7. The molecule has 0 saturated heterocycles. The monoisotopic (exact) mass is 293 g/mol. The molecule has 0 radical (unpaired) electrons. The van der Waals surface area contributed by atoms with Crippen LogP contribution in [0.1, 0.15) is 18.5 Å². The van der Waals surface area contributed by atoms with Crippen LogP contribution in [0.2, 0.25) is 0 Å². The summed E-state index contributed by atoms with van der Waals surface area (Å²) in [6.07, 6.45) is 0. The largest absolute Gasteiger partial charge is 0.497 e. The molecular weight excluding hydrogens is 276 g/mol. The Balaban J connectivity index is 2.31. The van der Waals surface area contributed by atoms with Crippen molar-refractivity contribution in [3.63, 3.8) is 0 Å². The van der Waals surface area contributed by atoms with E-state index in [4.69, 9.17) is 9.47 Å². The maximum absolute atomic E-state index is 13.7.